The summed E-state index contributed by atoms with van der Waals surface area (Å²) in [6.45, 7) is 10.4. The molecule has 1 aromatic carbocycles. The molecule has 1 fully saturated rings. The van der Waals surface area contributed by atoms with Gasteiger partial charge in [0.25, 0.3) is 0 Å². The van der Waals surface area contributed by atoms with E-state index in [2.05, 4.69) is 71.9 Å². The minimum absolute atomic E-state index is 0.599. The summed E-state index contributed by atoms with van der Waals surface area (Å²) in [4.78, 5) is 9.92. The zero-order valence-corrected chi connectivity index (χ0v) is 16.7. The second-order valence-corrected chi connectivity index (χ2v) is 7.56. The van der Waals surface area contributed by atoms with Gasteiger partial charge in [-0.3, -0.25) is 4.90 Å². The van der Waals surface area contributed by atoms with Crippen LogP contribution in [-0.4, -0.2) is 58.6 Å². The standard InChI is InChI=1S/C22H34N4/c1-4-6-12-21-22(19-10-8-7-9-11-19)23-18-26(21)17-20(5-2)25-15-13-24(3)14-16-25/h7-11,18,20H,4-6,12-17H2,1-3H3. The molecule has 1 saturated heterocycles. The van der Waals surface area contributed by atoms with Crippen molar-refractivity contribution < 1.29 is 0 Å². The third kappa shape index (κ3) is 4.54. The maximum atomic E-state index is 4.82. The third-order valence-electron chi connectivity index (χ3n) is 5.69. The molecule has 0 spiro atoms. The number of hydrogen-bond donors (Lipinski definition) is 0. The van der Waals surface area contributed by atoms with E-state index in [-0.39, 0.29) is 0 Å². The van der Waals surface area contributed by atoms with Crippen LogP contribution in [-0.2, 0) is 13.0 Å². The molecule has 4 heteroatoms. The zero-order valence-electron chi connectivity index (χ0n) is 16.7. The van der Waals surface area contributed by atoms with Crippen LogP contribution in [0.15, 0.2) is 36.7 Å². The van der Waals surface area contributed by atoms with Crippen molar-refractivity contribution in [2.75, 3.05) is 33.2 Å². The fourth-order valence-electron chi connectivity index (χ4n) is 3.93. The molecule has 142 valence electrons. The highest BCUT2D eigenvalue weighted by Gasteiger charge is 2.23. The van der Waals surface area contributed by atoms with Crippen LogP contribution in [0.1, 0.15) is 38.8 Å². The lowest BCUT2D eigenvalue weighted by Gasteiger charge is -2.38. The number of imidazole rings is 1. The number of rotatable bonds is 8. The quantitative estimate of drug-likeness (QED) is 0.718. The van der Waals surface area contributed by atoms with E-state index < -0.39 is 0 Å². The van der Waals surface area contributed by atoms with E-state index in [4.69, 9.17) is 4.98 Å². The van der Waals surface area contributed by atoms with Crippen molar-refractivity contribution in [1.29, 1.82) is 0 Å². The van der Waals surface area contributed by atoms with Gasteiger partial charge in [-0.15, -0.1) is 0 Å². The minimum Gasteiger partial charge on any atom is -0.332 e. The molecule has 4 nitrogen and oxygen atoms in total. The van der Waals surface area contributed by atoms with Crippen LogP contribution in [0.2, 0.25) is 0 Å². The second-order valence-electron chi connectivity index (χ2n) is 7.56. The molecule has 26 heavy (non-hydrogen) atoms. The number of piperazine rings is 1. The summed E-state index contributed by atoms with van der Waals surface area (Å²) in [5.74, 6) is 0. The predicted octanol–water partition coefficient (Wildman–Crippen LogP) is 3.92. The number of unbranched alkanes of at least 4 members (excludes halogenated alkanes) is 1. The first-order valence-electron chi connectivity index (χ1n) is 10.2. The van der Waals surface area contributed by atoms with Crippen LogP contribution < -0.4 is 0 Å². The smallest absolute Gasteiger partial charge is 0.0956 e. The van der Waals surface area contributed by atoms with Gasteiger partial charge in [0.15, 0.2) is 0 Å². The van der Waals surface area contributed by atoms with Crippen molar-refractivity contribution in [3.05, 3.63) is 42.4 Å². The monoisotopic (exact) mass is 354 g/mol. The molecule has 0 amide bonds. The maximum Gasteiger partial charge on any atom is 0.0956 e. The lowest BCUT2D eigenvalue weighted by atomic mass is 10.1. The summed E-state index contributed by atoms with van der Waals surface area (Å²) >= 11 is 0. The molecule has 2 aromatic rings. The molecular weight excluding hydrogens is 320 g/mol. The number of hydrogen-bond acceptors (Lipinski definition) is 3. The SMILES string of the molecule is CCCCc1c(-c2ccccc2)ncn1CC(CC)N1CCN(C)CC1. The van der Waals surface area contributed by atoms with Crippen LogP contribution in [0.5, 0.6) is 0 Å². The average Bonchev–Trinajstić information content (AvgIpc) is 3.08. The van der Waals surface area contributed by atoms with E-state index in [1.54, 1.807) is 0 Å². The number of nitrogens with zero attached hydrogens (tertiary/aromatic N) is 4. The second kappa shape index (κ2) is 9.33. The molecule has 1 aromatic heterocycles. The summed E-state index contributed by atoms with van der Waals surface area (Å²) < 4.78 is 2.44. The highest BCUT2D eigenvalue weighted by molar-refractivity contribution is 5.61. The van der Waals surface area contributed by atoms with Crippen molar-refractivity contribution in [1.82, 2.24) is 19.4 Å². The molecule has 0 bridgehead atoms. The van der Waals surface area contributed by atoms with Crippen LogP contribution in [0.3, 0.4) is 0 Å². The van der Waals surface area contributed by atoms with Crippen molar-refractivity contribution in [2.45, 2.75) is 52.1 Å². The fourth-order valence-corrected chi connectivity index (χ4v) is 3.93. The van der Waals surface area contributed by atoms with Crippen molar-refractivity contribution in [2.24, 2.45) is 0 Å². The molecule has 0 N–H and O–H groups in total. The molecule has 1 atom stereocenters. The van der Waals surface area contributed by atoms with E-state index in [1.807, 2.05) is 0 Å². The van der Waals surface area contributed by atoms with Gasteiger partial charge in [0.2, 0.25) is 0 Å². The van der Waals surface area contributed by atoms with E-state index in [1.165, 1.54) is 62.4 Å². The van der Waals surface area contributed by atoms with E-state index in [9.17, 15) is 0 Å². The van der Waals surface area contributed by atoms with E-state index in [0.717, 1.165) is 13.0 Å². The molecule has 2 heterocycles. The Bertz CT molecular complexity index is 656. The lowest BCUT2D eigenvalue weighted by Crippen LogP contribution is -2.50. The van der Waals surface area contributed by atoms with Crippen LogP contribution in [0, 0.1) is 0 Å². The minimum atomic E-state index is 0.599. The molecule has 1 unspecified atom stereocenters. The van der Waals surface area contributed by atoms with Gasteiger partial charge in [-0.05, 0) is 26.3 Å². The normalized spacial score (nSPS) is 17.5. The van der Waals surface area contributed by atoms with Crippen LogP contribution in [0.25, 0.3) is 11.3 Å². The molecule has 0 saturated carbocycles. The van der Waals surface area contributed by atoms with Gasteiger partial charge in [0.05, 0.1) is 12.0 Å². The number of likely N-dealkylation sites (N-methyl/N-ethyl adjacent to an activating group) is 1. The number of benzene rings is 1. The molecular formula is C22H34N4. The summed E-state index contributed by atoms with van der Waals surface area (Å²) in [6, 6.07) is 11.3. The Morgan fingerprint density at radius 2 is 1.77 bits per heavy atom. The molecule has 0 radical (unpaired) electrons. The largest absolute Gasteiger partial charge is 0.332 e. The predicted molar refractivity (Wildman–Crippen MR) is 109 cm³/mol. The summed E-state index contributed by atoms with van der Waals surface area (Å²) in [6.07, 6.45) is 6.81. The summed E-state index contributed by atoms with van der Waals surface area (Å²) in [5, 5.41) is 0. The first-order valence-corrected chi connectivity index (χ1v) is 10.2. The maximum absolute atomic E-state index is 4.82. The highest BCUT2D eigenvalue weighted by atomic mass is 15.3. The van der Waals surface area contributed by atoms with Crippen LogP contribution in [0.4, 0.5) is 0 Å². The first-order chi connectivity index (χ1) is 12.7. The van der Waals surface area contributed by atoms with Gasteiger partial charge in [0.1, 0.15) is 0 Å². The summed E-state index contributed by atoms with van der Waals surface area (Å²) in [5.41, 5.74) is 3.82. The van der Waals surface area contributed by atoms with Crippen molar-refractivity contribution in [3.63, 3.8) is 0 Å². The first kappa shape index (κ1) is 19.1. The van der Waals surface area contributed by atoms with Crippen LogP contribution >= 0.6 is 0 Å². The van der Waals surface area contributed by atoms with Gasteiger partial charge < -0.3 is 9.47 Å². The Kier molecular flexibility index (Phi) is 6.86. The Labute approximate surface area is 158 Å². The van der Waals surface area contributed by atoms with E-state index in [0.29, 0.717) is 6.04 Å². The van der Waals surface area contributed by atoms with Gasteiger partial charge in [-0.25, -0.2) is 4.98 Å². The Morgan fingerprint density at radius 1 is 1.04 bits per heavy atom. The number of aromatic nitrogens is 2. The highest BCUT2D eigenvalue weighted by Crippen LogP contribution is 2.25. The van der Waals surface area contributed by atoms with Crippen molar-refractivity contribution >= 4 is 0 Å². The van der Waals surface area contributed by atoms with Gasteiger partial charge >= 0.3 is 0 Å². The van der Waals surface area contributed by atoms with Crippen molar-refractivity contribution in [3.8, 4) is 11.3 Å². The lowest BCUT2D eigenvalue weighted by molar-refractivity contribution is 0.0995. The molecule has 1 aliphatic rings. The van der Waals surface area contributed by atoms with E-state index >= 15 is 0 Å². The Hall–Kier alpha value is -1.65. The van der Waals surface area contributed by atoms with Gasteiger partial charge in [-0.2, -0.15) is 0 Å². The Balaban J connectivity index is 1.80. The third-order valence-corrected chi connectivity index (χ3v) is 5.69. The average molecular weight is 355 g/mol. The topological polar surface area (TPSA) is 24.3 Å². The molecule has 1 aliphatic heterocycles. The molecule has 3 rings (SSSR count). The fraction of sp³-hybridized carbons (Fsp3) is 0.591. The Morgan fingerprint density at radius 3 is 2.42 bits per heavy atom. The zero-order chi connectivity index (χ0) is 18.4. The molecule has 0 aliphatic carbocycles. The van der Waals surface area contributed by atoms with Gasteiger partial charge in [0, 0.05) is 50.0 Å². The summed E-state index contributed by atoms with van der Waals surface area (Å²) in [7, 11) is 2.23. The van der Waals surface area contributed by atoms with Gasteiger partial charge in [-0.1, -0.05) is 50.6 Å².